The monoisotopic (exact) mass is 251 g/mol. The highest BCUT2D eigenvalue weighted by atomic mass is 16.5. The summed E-state index contributed by atoms with van der Waals surface area (Å²) in [5.41, 5.74) is 4.99. The average Bonchev–Trinajstić information content (AvgIpc) is 2.83. The molecule has 0 atom stereocenters. The minimum atomic E-state index is 0.779. The third-order valence-corrected chi connectivity index (χ3v) is 3.10. The molecule has 2 aromatic heterocycles. The largest absolute Gasteiger partial charge is 0.619 e. The Morgan fingerprint density at radius 1 is 1.00 bits per heavy atom. The van der Waals surface area contributed by atoms with Crippen molar-refractivity contribution < 1.29 is 4.73 Å². The number of aryl methyl sites for hydroxylation is 1. The number of pyridine rings is 1. The molecule has 0 aliphatic carbocycles. The van der Waals surface area contributed by atoms with Crippen molar-refractivity contribution in [3.05, 3.63) is 65.8 Å². The van der Waals surface area contributed by atoms with Gasteiger partial charge in [-0.1, -0.05) is 30.3 Å². The summed E-state index contributed by atoms with van der Waals surface area (Å²) in [6.45, 7) is 1.95. The van der Waals surface area contributed by atoms with Crippen LogP contribution in [-0.2, 0) is 0 Å². The second-order valence-electron chi connectivity index (χ2n) is 4.37. The Labute approximate surface area is 110 Å². The van der Waals surface area contributed by atoms with E-state index in [0.717, 1.165) is 32.8 Å². The van der Waals surface area contributed by atoms with Gasteiger partial charge in [0.2, 0.25) is 0 Å². The van der Waals surface area contributed by atoms with Crippen LogP contribution in [0.3, 0.4) is 0 Å². The maximum atomic E-state index is 11.1. The first-order valence-electron chi connectivity index (χ1n) is 6.05. The minimum absolute atomic E-state index is 0.779. The fourth-order valence-electron chi connectivity index (χ4n) is 2.18. The van der Waals surface area contributed by atoms with Crippen LogP contribution >= 0.6 is 0 Å². The number of aromatic nitrogens is 3. The van der Waals surface area contributed by atoms with E-state index < -0.39 is 0 Å². The third-order valence-electron chi connectivity index (χ3n) is 3.10. The fourth-order valence-corrected chi connectivity index (χ4v) is 2.18. The maximum Gasteiger partial charge on any atom is 0.180 e. The third kappa shape index (κ3) is 2.08. The van der Waals surface area contributed by atoms with Gasteiger partial charge in [0.05, 0.1) is 11.4 Å². The summed E-state index contributed by atoms with van der Waals surface area (Å²) in [7, 11) is 0. The summed E-state index contributed by atoms with van der Waals surface area (Å²) in [5.74, 6) is 0. The molecule has 0 aliphatic heterocycles. The minimum Gasteiger partial charge on any atom is -0.619 e. The molecule has 0 saturated carbocycles. The number of benzene rings is 1. The molecule has 0 radical (unpaired) electrons. The van der Waals surface area contributed by atoms with Crippen LogP contribution in [0.5, 0.6) is 0 Å². The molecule has 0 bridgehead atoms. The van der Waals surface area contributed by atoms with Crippen molar-refractivity contribution in [2.75, 3.05) is 0 Å². The van der Waals surface area contributed by atoms with E-state index >= 15 is 0 Å². The van der Waals surface area contributed by atoms with Crippen molar-refractivity contribution in [2.45, 2.75) is 6.92 Å². The van der Waals surface area contributed by atoms with Crippen LogP contribution in [0.25, 0.3) is 22.4 Å². The first-order valence-corrected chi connectivity index (χ1v) is 6.05. The Kier molecular flexibility index (Phi) is 2.76. The molecule has 19 heavy (non-hydrogen) atoms. The zero-order valence-electron chi connectivity index (χ0n) is 10.5. The number of nitrogens with one attached hydrogen (secondary N) is 1. The number of hydrogen-bond donors (Lipinski definition) is 1. The molecule has 0 saturated heterocycles. The van der Waals surface area contributed by atoms with Crippen molar-refractivity contribution in [3.63, 3.8) is 0 Å². The van der Waals surface area contributed by atoms with Crippen molar-refractivity contribution in [1.82, 2.24) is 10.2 Å². The summed E-state index contributed by atoms with van der Waals surface area (Å²) in [5, 5.41) is 18.5. The van der Waals surface area contributed by atoms with Gasteiger partial charge in [0.15, 0.2) is 12.4 Å². The molecule has 3 rings (SSSR count). The SMILES string of the molecule is Cc1n[nH]c(-c2ccccc2)c1-c1cc[n+]([O-])cc1. The van der Waals surface area contributed by atoms with Crippen LogP contribution in [0.2, 0.25) is 0 Å². The van der Waals surface area contributed by atoms with Gasteiger partial charge >= 0.3 is 0 Å². The van der Waals surface area contributed by atoms with E-state index in [1.54, 1.807) is 12.1 Å². The number of aromatic amines is 1. The van der Waals surface area contributed by atoms with Gasteiger partial charge in [0.25, 0.3) is 0 Å². The van der Waals surface area contributed by atoms with E-state index in [1.165, 1.54) is 12.4 Å². The Morgan fingerprint density at radius 3 is 2.37 bits per heavy atom. The summed E-state index contributed by atoms with van der Waals surface area (Å²) in [6, 6.07) is 13.6. The second-order valence-corrected chi connectivity index (χ2v) is 4.37. The van der Waals surface area contributed by atoms with Crippen molar-refractivity contribution in [2.24, 2.45) is 0 Å². The van der Waals surface area contributed by atoms with Crippen LogP contribution in [0.4, 0.5) is 0 Å². The van der Waals surface area contributed by atoms with E-state index in [4.69, 9.17) is 0 Å². The highest BCUT2D eigenvalue weighted by molar-refractivity contribution is 5.82. The summed E-state index contributed by atoms with van der Waals surface area (Å²) < 4.78 is 0.779. The van der Waals surface area contributed by atoms with Gasteiger partial charge in [-0.15, -0.1) is 0 Å². The lowest BCUT2D eigenvalue weighted by atomic mass is 10.0. The highest BCUT2D eigenvalue weighted by Crippen LogP contribution is 2.32. The molecule has 3 aromatic rings. The average molecular weight is 251 g/mol. The molecular formula is C15H13N3O. The van der Waals surface area contributed by atoms with Crippen LogP contribution in [-0.4, -0.2) is 10.2 Å². The van der Waals surface area contributed by atoms with Gasteiger partial charge in [0, 0.05) is 23.3 Å². The molecule has 94 valence electrons. The second kappa shape index (κ2) is 4.57. The standard InChI is InChI=1S/C15H13N3O/c1-11-14(12-7-9-18(19)10-8-12)15(17-16-11)13-5-3-2-4-6-13/h2-10H,1H3,(H,16,17). The van der Waals surface area contributed by atoms with E-state index in [1.807, 2.05) is 37.3 Å². The summed E-state index contributed by atoms with van der Waals surface area (Å²) in [4.78, 5) is 0. The number of rotatable bonds is 2. The van der Waals surface area contributed by atoms with Crippen LogP contribution in [0.15, 0.2) is 54.9 Å². The Hall–Kier alpha value is -2.62. The Bertz CT molecular complexity index is 687. The van der Waals surface area contributed by atoms with Gasteiger partial charge in [-0.25, -0.2) is 0 Å². The first kappa shape index (κ1) is 11.5. The van der Waals surface area contributed by atoms with Gasteiger partial charge in [0.1, 0.15) is 0 Å². The van der Waals surface area contributed by atoms with Gasteiger partial charge < -0.3 is 5.21 Å². The van der Waals surface area contributed by atoms with Crippen LogP contribution < -0.4 is 4.73 Å². The van der Waals surface area contributed by atoms with E-state index in [0.29, 0.717) is 0 Å². The van der Waals surface area contributed by atoms with E-state index in [2.05, 4.69) is 10.2 Å². The lowest BCUT2D eigenvalue weighted by Gasteiger charge is -2.04. The van der Waals surface area contributed by atoms with Gasteiger partial charge in [-0.3, -0.25) is 5.10 Å². The molecule has 1 aromatic carbocycles. The smallest absolute Gasteiger partial charge is 0.180 e. The van der Waals surface area contributed by atoms with Crippen LogP contribution in [0, 0.1) is 12.1 Å². The Morgan fingerprint density at radius 2 is 1.68 bits per heavy atom. The maximum absolute atomic E-state index is 11.1. The Balaban J connectivity index is 2.17. The number of nitrogens with zero attached hydrogens (tertiary/aromatic N) is 2. The predicted molar refractivity (Wildman–Crippen MR) is 73.2 cm³/mol. The molecule has 1 N–H and O–H groups in total. The zero-order chi connectivity index (χ0) is 13.2. The zero-order valence-corrected chi connectivity index (χ0v) is 10.5. The normalized spacial score (nSPS) is 10.6. The quantitative estimate of drug-likeness (QED) is 0.562. The molecule has 0 amide bonds. The molecule has 0 fully saturated rings. The topological polar surface area (TPSA) is 55.6 Å². The van der Waals surface area contributed by atoms with Gasteiger partial charge in [-0.05, 0) is 12.5 Å². The molecule has 0 aliphatic rings. The van der Waals surface area contributed by atoms with Gasteiger partial charge in [-0.2, -0.15) is 9.83 Å². The molecule has 0 unspecified atom stereocenters. The molecule has 4 nitrogen and oxygen atoms in total. The van der Waals surface area contributed by atoms with E-state index in [9.17, 15) is 5.21 Å². The number of hydrogen-bond acceptors (Lipinski definition) is 2. The molecular weight excluding hydrogens is 238 g/mol. The summed E-state index contributed by atoms with van der Waals surface area (Å²) >= 11 is 0. The van der Waals surface area contributed by atoms with Crippen molar-refractivity contribution >= 4 is 0 Å². The highest BCUT2D eigenvalue weighted by Gasteiger charge is 2.14. The summed E-state index contributed by atoms with van der Waals surface area (Å²) in [6.07, 6.45) is 2.99. The van der Waals surface area contributed by atoms with Crippen LogP contribution in [0.1, 0.15) is 5.69 Å². The molecule has 0 spiro atoms. The van der Waals surface area contributed by atoms with E-state index in [-0.39, 0.29) is 0 Å². The van der Waals surface area contributed by atoms with Crippen molar-refractivity contribution in [3.8, 4) is 22.4 Å². The number of H-pyrrole nitrogens is 1. The molecule has 4 heteroatoms. The predicted octanol–water partition coefficient (Wildman–Crippen LogP) is 2.69. The molecule has 2 heterocycles. The lowest BCUT2D eigenvalue weighted by molar-refractivity contribution is -0.605. The first-order chi connectivity index (χ1) is 9.25. The van der Waals surface area contributed by atoms with Crippen molar-refractivity contribution in [1.29, 1.82) is 0 Å². The fraction of sp³-hybridized carbons (Fsp3) is 0.0667. The lowest BCUT2D eigenvalue weighted by Crippen LogP contribution is -2.23.